The van der Waals surface area contributed by atoms with Crippen molar-refractivity contribution in [2.75, 3.05) is 27.2 Å². The fourth-order valence-electron chi connectivity index (χ4n) is 6.68. The second kappa shape index (κ2) is 9.20. The van der Waals surface area contributed by atoms with Gasteiger partial charge in [0.05, 0.1) is 17.7 Å². The van der Waals surface area contributed by atoms with Crippen LogP contribution in [0.5, 0.6) is 0 Å². The summed E-state index contributed by atoms with van der Waals surface area (Å²) in [5, 5.41) is 11.1. The molecule has 5 rings (SSSR count). The van der Waals surface area contributed by atoms with E-state index in [9.17, 15) is 14.7 Å². The van der Waals surface area contributed by atoms with E-state index < -0.39 is 11.5 Å². The van der Waals surface area contributed by atoms with Crippen LogP contribution in [0.3, 0.4) is 0 Å². The van der Waals surface area contributed by atoms with Crippen molar-refractivity contribution in [1.82, 2.24) is 14.7 Å². The molecule has 3 amide bonds. The molecule has 192 valence electrons. The maximum atomic E-state index is 13.9. The summed E-state index contributed by atoms with van der Waals surface area (Å²) in [7, 11) is 4.29. The number of benzene rings is 2. The SMILES string of the molecule is CN(C)[C@]1(c2ccccc2)CC[C@]2(CC1)CN(Cc1ccccc1C(N)=O)C(=O)N2CC1(O)CCC1. The Balaban J connectivity index is 1.44. The highest BCUT2D eigenvalue weighted by molar-refractivity contribution is 5.94. The van der Waals surface area contributed by atoms with E-state index in [-0.39, 0.29) is 17.1 Å². The van der Waals surface area contributed by atoms with Gasteiger partial charge in [0.15, 0.2) is 0 Å². The molecule has 2 aromatic carbocycles. The van der Waals surface area contributed by atoms with E-state index in [0.717, 1.165) is 50.5 Å². The smallest absolute Gasteiger partial charge is 0.321 e. The number of rotatable bonds is 7. The van der Waals surface area contributed by atoms with Gasteiger partial charge in [-0.25, -0.2) is 4.79 Å². The number of carbonyl (C=O) groups is 2. The van der Waals surface area contributed by atoms with Gasteiger partial charge >= 0.3 is 6.03 Å². The lowest BCUT2D eigenvalue weighted by atomic mass is 9.67. The molecule has 0 atom stereocenters. The number of hydrogen-bond acceptors (Lipinski definition) is 4. The Hall–Kier alpha value is -2.90. The fourth-order valence-corrected chi connectivity index (χ4v) is 6.68. The molecular weight excluding hydrogens is 452 g/mol. The molecule has 2 saturated carbocycles. The van der Waals surface area contributed by atoms with Crippen LogP contribution in [-0.2, 0) is 12.1 Å². The van der Waals surface area contributed by atoms with Gasteiger partial charge in [-0.3, -0.25) is 9.69 Å². The minimum absolute atomic E-state index is 0.0494. The average Bonchev–Trinajstić information content (AvgIpc) is 3.09. The van der Waals surface area contributed by atoms with Gasteiger partial charge in [0.2, 0.25) is 5.91 Å². The molecule has 2 aliphatic carbocycles. The summed E-state index contributed by atoms with van der Waals surface area (Å²) in [5.41, 5.74) is 6.94. The van der Waals surface area contributed by atoms with E-state index >= 15 is 0 Å². The number of β-amino-alcohol motifs (C(OH)–C–C–N with tert-alkyl or cyclic N) is 1. The third-order valence-corrected chi connectivity index (χ3v) is 9.11. The van der Waals surface area contributed by atoms with Crippen molar-refractivity contribution in [2.45, 2.75) is 68.2 Å². The van der Waals surface area contributed by atoms with Crippen molar-refractivity contribution in [3.05, 3.63) is 71.3 Å². The normalized spacial score (nSPS) is 27.5. The average molecular weight is 491 g/mol. The summed E-state index contributed by atoms with van der Waals surface area (Å²) in [6, 6.07) is 17.9. The molecule has 1 aliphatic heterocycles. The minimum Gasteiger partial charge on any atom is -0.388 e. The highest BCUT2D eigenvalue weighted by atomic mass is 16.3. The predicted molar refractivity (Wildman–Crippen MR) is 139 cm³/mol. The first-order valence-corrected chi connectivity index (χ1v) is 13.1. The molecule has 1 spiro atoms. The zero-order valence-electron chi connectivity index (χ0n) is 21.4. The maximum absolute atomic E-state index is 13.9. The number of carbonyl (C=O) groups excluding carboxylic acids is 2. The van der Waals surface area contributed by atoms with E-state index in [4.69, 9.17) is 5.73 Å². The molecule has 0 aromatic heterocycles. The third-order valence-electron chi connectivity index (χ3n) is 9.11. The van der Waals surface area contributed by atoms with Crippen molar-refractivity contribution in [2.24, 2.45) is 5.73 Å². The third kappa shape index (κ3) is 4.18. The van der Waals surface area contributed by atoms with Crippen LogP contribution < -0.4 is 5.73 Å². The second-order valence-electron chi connectivity index (χ2n) is 11.3. The van der Waals surface area contributed by atoms with Crippen LogP contribution >= 0.6 is 0 Å². The summed E-state index contributed by atoms with van der Waals surface area (Å²) >= 11 is 0. The number of primary amides is 1. The number of nitrogens with zero attached hydrogens (tertiary/aromatic N) is 3. The number of hydrogen-bond donors (Lipinski definition) is 2. The van der Waals surface area contributed by atoms with Gasteiger partial charge in [-0.1, -0.05) is 48.5 Å². The zero-order valence-corrected chi connectivity index (χ0v) is 21.4. The summed E-state index contributed by atoms with van der Waals surface area (Å²) in [6.07, 6.45) is 6.05. The lowest BCUT2D eigenvalue weighted by molar-refractivity contribution is -0.0725. The van der Waals surface area contributed by atoms with E-state index in [1.807, 2.05) is 21.9 Å². The van der Waals surface area contributed by atoms with Gasteiger partial charge < -0.3 is 20.6 Å². The molecule has 36 heavy (non-hydrogen) atoms. The second-order valence-corrected chi connectivity index (χ2v) is 11.3. The van der Waals surface area contributed by atoms with Gasteiger partial charge in [-0.2, -0.15) is 0 Å². The number of urea groups is 1. The van der Waals surface area contributed by atoms with Crippen LogP contribution in [0, 0.1) is 0 Å². The van der Waals surface area contributed by atoms with Crippen LogP contribution in [0.1, 0.15) is 66.4 Å². The van der Waals surface area contributed by atoms with Crippen LogP contribution in [0.15, 0.2) is 54.6 Å². The predicted octanol–water partition coefficient (Wildman–Crippen LogP) is 3.71. The number of amides is 3. The van der Waals surface area contributed by atoms with Gasteiger partial charge in [-0.05, 0) is 76.2 Å². The quantitative estimate of drug-likeness (QED) is 0.619. The molecule has 0 radical (unpaired) electrons. The molecule has 0 unspecified atom stereocenters. The Morgan fingerprint density at radius 2 is 1.61 bits per heavy atom. The standard InChI is InChI=1S/C29H38N4O3/c1-31(2)29(23-10-4-3-5-11-23)17-15-27(16-18-29)20-32(19-22-9-6-7-12-24(22)25(30)34)26(35)33(27)21-28(36)13-8-14-28/h3-7,9-12,36H,8,13-21H2,1-2H3,(H2,30,34)/t27-,29+. The Kier molecular flexibility index (Phi) is 6.33. The van der Waals surface area contributed by atoms with Crippen molar-refractivity contribution < 1.29 is 14.7 Å². The molecule has 7 nitrogen and oxygen atoms in total. The van der Waals surface area contributed by atoms with Crippen LogP contribution in [0.4, 0.5) is 4.79 Å². The Morgan fingerprint density at radius 3 is 2.19 bits per heavy atom. The summed E-state index contributed by atoms with van der Waals surface area (Å²) in [4.78, 5) is 32.0. The number of aliphatic hydroxyl groups is 1. The topological polar surface area (TPSA) is 90.1 Å². The van der Waals surface area contributed by atoms with Crippen molar-refractivity contribution in [3.8, 4) is 0 Å². The number of nitrogens with two attached hydrogens (primary N) is 1. The van der Waals surface area contributed by atoms with E-state index in [0.29, 0.717) is 25.2 Å². The highest BCUT2D eigenvalue weighted by Gasteiger charge is 2.56. The van der Waals surface area contributed by atoms with E-state index in [1.54, 1.807) is 12.1 Å². The molecule has 0 bridgehead atoms. The van der Waals surface area contributed by atoms with Crippen molar-refractivity contribution >= 4 is 11.9 Å². The molecule has 3 N–H and O–H groups in total. The van der Waals surface area contributed by atoms with Gasteiger partial charge in [0.1, 0.15) is 0 Å². The summed E-state index contributed by atoms with van der Waals surface area (Å²) in [6.45, 7) is 1.31. The van der Waals surface area contributed by atoms with Crippen LogP contribution in [0.2, 0.25) is 0 Å². The van der Waals surface area contributed by atoms with Crippen molar-refractivity contribution in [3.63, 3.8) is 0 Å². The summed E-state index contributed by atoms with van der Waals surface area (Å²) in [5.74, 6) is -0.483. The molecule has 3 aliphatic rings. The van der Waals surface area contributed by atoms with Gasteiger partial charge in [-0.15, -0.1) is 0 Å². The summed E-state index contributed by atoms with van der Waals surface area (Å²) < 4.78 is 0. The first kappa shape index (κ1) is 24.8. The van der Waals surface area contributed by atoms with Crippen LogP contribution in [0.25, 0.3) is 0 Å². The van der Waals surface area contributed by atoms with Crippen molar-refractivity contribution in [1.29, 1.82) is 0 Å². The Labute approximate surface area is 213 Å². The Bertz CT molecular complexity index is 1120. The maximum Gasteiger partial charge on any atom is 0.321 e. The van der Waals surface area contributed by atoms with Gasteiger partial charge in [0.25, 0.3) is 0 Å². The van der Waals surface area contributed by atoms with Crippen LogP contribution in [-0.4, -0.2) is 70.1 Å². The van der Waals surface area contributed by atoms with E-state index in [2.05, 4.69) is 49.3 Å². The lowest BCUT2D eigenvalue weighted by Gasteiger charge is -2.52. The van der Waals surface area contributed by atoms with E-state index in [1.165, 1.54) is 5.56 Å². The monoisotopic (exact) mass is 490 g/mol. The molecule has 2 aromatic rings. The molecular formula is C29H38N4O3. The Morgan fingerprint density at radius 1 is 0.972 bits per heavy atom. The first-order valence-electron chi connectivity index (χ1n) is 13.1. The molecule has 3 fully saturated rings. The molecule has 1 heterocycles. The lowest BCUT2D eigenvalue weighted by Crippen LogP contribution is -2.59. The molecule has 1 saturated heterocycles. The molecule has 7 heteroatoms. The first-order chi connectivity index (χ1) is 17.2. The van der Waals surface area contributed by atoms with Gasteiger partial charge in [0, 0.05) is 24.2 Å². The zero-order chi connectivity index (χ0) is 25.6. The fraction of sp³-hybridized carbons (Fsp3) is 0.517. The largest absolute Gasteiger partial charge is 0.388 e. The minimum atomic E-state index is -0.792. The highest BCUT2D eigenvalue weighted by Crippen LogP contribution is 2.50.